The van der Waals surface area contributed by atoms with Crippen molar-refractivity contribution in [2.75, 3.05) is 26.3 Å². The van der Waals surface area contributed by atoms with Gasteiger partial charge >= 0.3 is 0 Å². The van der Waals surface area contributed by atoms with Crippen LogP contribution in [-0.2, 0) is 22.5 Å². The van der Waals surface area contributed by atoms with Gasteiger partial charge in [0.15, 0.2) is 0 Å². The molecule has 0 aliphatic carbocycles. The lowest BCUT2D eigenvalue weighted by Gasteiger charge is -2.33. The number of halogens is 2. The largest absolute Gasteiger partial charge is 0.491 e. The molecule has 0 radical (unpaired) electrons. The number of aliphatic hydroxyl groups excluding tert-OH is 1. The van der Waals surface area contributed by atoms with E-state index in [-0.39, 0.29) is 48.7 Å². The average Bonchev–Trinajstić information content (AvgIpc) is 3.72. The number of carbonyl (C=O) groups is 2. The van der Waals surface area contributed by atoms with Gasteiger partial charge in [0.1, 0.15) is 29.6 Å². The fraction of sp³-hybridized carbons (Fsp3) is 0.235. The normalized spacial score (nSPS) is 16.6. The van der Waals surface area contributed by atoms with Crippen LogP contribution in [0.2, 0.25) is 0 Å². The summed E-state index contributed by atoms with van der Waals surface area (Å²) in [5.41, 5.74) is 4.46. The van der Waals surface area contributed by atoms with E-state index in [1.807, 2.05) is 36.6 Å². The molecule has 1 aromatic carbocycles. The average molecular weight is 644 g/mol. The molecule has 0 unspecified atom stereocenters. The Bertz CT molecular complexity index is 1960. The fourth-order valence-electron chi connectivity index (χ4n) is 6.05. The van der Waals surface area contributed by atoms with Gasteiger partial charge in [-0.3, -0.25) is 14.3 Å². The molecular weight excluding hydrogens is 612 g/mol. The van der Waals surface area contributed by atoms with Gasteiger partial charge < -0.3 is 20.1 Å². The van der Waals surface area contributed by atoms with Gasteiger partial charge in [-0.05, 0) is 54.6 Å². The van der Waals surface area contributed by atoms with Gasteiger partial charge in [0.2, 0.25) is 5.91 Å². The number of thiophene rings is 1. The van der Waals surface area contributed by atoms with E-state index >= 15 is 4.39 Å². The number of amides is 2. The third-order valence-electron chi connectivity index (χ3n) is 8.22. The number of nitrogens with one attached hydrogen (secondary N) is 1. The molecule has 6 rings (SSSR count). The fourth-order valence-corrected chi connectivity index (χ4v) is 6.99. The van der Waals surface area contributed by atoms with E-state index in [1.54, 1.807) is 15.6 Å². The molecule has 0 saturated carbocycles. The first-order chi connectivity index (χ1) is 22.3. The highest BCUT2D eigenvalue weighted by Gasteiger charge is 2.31. The van der Waals surface area contributed by atoms with Crippen molar-refractivity contribution in [2.24, 2.45) is 0 Å². The summed E-state index contributed by atoms with van der Waals surface area (Å²) in [7, 11) is 0. The second-order valence-electron chi connectivity index (χ2n) is 10.8. The summed E-state index contributed by atoms with van der Waals surface area (Å²) >= 11 is 1.34. The second-order valence-corrected chi connectivity index (χ2v) is 11.7. The van der Waals surface area contributed by atoms with Gasteiger partial charge in [0.05, 0.1) is 42.5 Å². The van der Waals surface area contributed by atoms with E-state index in [4.69, 9.17) is 14.8 Å². The first-order valence-electron chi connectivity index (χ1n) is 14.7. The van der Waals surface area contributed by atoms with Crippen LogP contribution >= 0.6 is 11.3 Å². The Kier molecular flexibility index (Phi) is 8.65. The number of aliphatic hydroxyl groups is 1. The summed E-state index contributed by atoms with van der Waals surface area (Å²) in [5, 5.41) is 19.7. The molecule has 236 valence electrons. The molecule has 2 amide bonds. The van der Waals surface area contributed by atoms with E-state index in [0.717, 1.165) is 16.8 Å². The van der Waals surface area contributed by atoms with Gasteiger partial charge in [-0.1, -0.05) is 19.2 Å². The summed E-state index contributed by atoms with van der Waals surface area (Å²) in [6, 6.07) is 8.91. The summed E-state index contributed by atoms with van der Waals surface area (Å²) in [6.07, 6.45) is 2.70. The van der Waals surface area contributed by atoms with Crippen LogP contribution in [0.3, 0.4) is 0 Å². The predicted molar refractivity (Wildman–Crippen MR) is 173 cm³/mol. The summed E-state index contributed by atoms with van der Waals surface area (Å²) in [6.45, 7) is 10.3. The van der Waals surface area contributed by atoms with Crippen molar-refractivity contribution in [2.45, 2.75) is 25.9 Å². The zero-order valence-corrected chi connectivity index (χ0v) is 25.9. The summed E-state index contributed by atoms with van der Waals surface area (Å²) in [5.74, 6) is -1.40. The van der Waals surface area contributed by atoms with Crippen molar-refractivity contribution in [1.82, 2.24) is 25.0 Å². The second kappa shape index (κ2) is 12.8. The first kappa shape index (κ1) is 31.1. The number of nitrogens with zero attached hydrogens (tertiary/aromatic N) is 4. The van der Waals surface area contributed by atoms with Gasteiger partial charge in [0.25, 0.3) is 5.91 Å². The van der Waals surface area contributed by atoms with Crippen molar-refractivity contribution >= 4 is 38.8 Å². The van der Waals surface area contributed by atoms with Crippen LogP contribution in [0.5, 0.6) is 0 Å². The molecule has 2 aliphatic heterocycles. The van der Waals surface area contributed by atoms with E-state index in [0.29, 0.717) is 70.4 Å². The van der Waals surface area contributed by atoms with E-state index in [2.05, 4.69) is 18.5 Å². The van der Waals surface area contributed by atoms with Crippen molar-refractivity contribution in [3.05, 3.63) is 101 Å². The number of ether oxygens (including phenoxy) is 1. The molecule has 0 spiro atoms. The van der Waals surface area contributed by atoms with Crippen LogP contribution in [-0.4, -0.2) is 62.9 Å². The van der Waals surface area contributed by atoms with Gasteiger partial charge in [-0.25, -0.2) is 13.8 Å². The number of hydrogen-bond donors (Lipinski definition) is 2. The van der Waals surface area contributed by atoms with E-state index in [9.17, 15) is 19.1 Å². The number of benzene rings is 1. The number of carbonyl (C=O) groups excluding carboxylic acids is 2. The Morgan fingerprint density at radius 3 is 2.85 bits per heavy atom. The van der Waals surface area contributed by atoms with Crippen LogP contribution in [0.1, 0.15) is 40.1 Å². The van der Waals surface area contributed by atoms with Crippen LogP contribution in [0.15, 0.2) is 78.9 Å². The molecule has 0 saturated heterocycles. The van der Waals surface area contributed by atoms with Gasteiger partial charge in [-0.15, -0.1) is 11.3 Å². The van der Waals surface area contributed by atoms with Gasteiger partial charge in [0, 0.05) is 45.9 Å². The Morgan fingerprint density at radius 2 is 2.09 bits per heavy atom. The molecule has 3 aromatic heterocycles. The summed E-state index contributed by atoms with van der Waals surface area (Å²) in [4.78, 5) is 31.8. The molecule has 12 heteroatoms. The maximum absolute atomic E-state index is 15.9. The Labute approximate surface area is 267 Å². The lowest BCUT2D eigenvalue weighted by Crippen LogP contribution is -2.40. The number of rotatable bonds is 9. The summed E-state index contributed by atoms with van der Waals surface area (Å²) < 4.78 is 37.3. The van der Waals surface area contributed by atoms with Gasteiger partial charge in [-0.2, -0.15) is 5.10 Å². The zero-order chi connectivity index (χ0) is 32.5. The third kappa shape index (κ3) is 5.43. The lowest BCUT2D eigenvalue weighted by atomic mass is 9.93. The van der Waals surface area contributed by atoms with Crippen LogP contribution < -0.4 is 5.32 Å². The standard InChI is InChI=1S/C34H31F2N5O4S/c1-4-28(43)40-12-13-41-27(19(40)2)18-26(39-41)32-30(29(25(36)7-10-35)20(3)45-15-14-42)33-24(9-16-46-33)31(38-32)22-5-6-23-21(17-22)8-11-37-34(23)44/h4-7,9-10,16-19,42H,1,3,8,11-15H2,2H3,(H,37,44)/b10-7+,29-25-/t19-/m1/s1. The molecule has 46 heavy (non-hydrogen) atoms. The zero-order valence-electron chi connectivity index (χ0n) is 25.1. The molecule has 9 nitrogen and oxygen atoms in total. The van der Waals surface area contributed by atoms with E-state index < -0.39 is 5.83 Å². The molecule has 4 aromatic rings. The minimum absolute atomic E-state index is 0.0905. The number of hydrogen-bond acceptors (Lipinski definition) is 7. The number of pyridine rings is 1. The minimum atomic E-state index is -0.948. The molecule has 2 N–H and O–H groups in total. The number of aromatic nitrogens is 3. The molecule has 2 aliphatic rings. The monoisotopic (exact) mass is 643 g/mol. The molecule has 0 fully saturated rings. The van der Waals surface area contributed by atoms with Crippen molar-refractivity contribution in [3.63, 3.8) is 0 Å². The Hall–Kier alpha value is -4.94. The van der Waals surface area contributed by atoms with E-state index in [1.165, 1.54) is 17.4 Å². The van der Waals surface area contributed by atoms with Crippen molar-refractivity contribution in [1.29, 1.82) is 0 Å². The van der Waals surface area contributed by atoms with Crippen molar-refractivity contribution < 1.29 is 28.2 Å². The molecule has 0 bridgehead atoms. The maximum Gasteiger partial charge on any atom is 0.251 e. The predicted octanol–water partition coefficient (Wildman–Crippen LogP) is 5.89. The smallest absolute Gasteiger partial charge is 0.251 e. The highest BCUT2D eigenvalue weighted by Crippen LogP contribution is 2.45. The SMILES string of the molecule is C=CC(=O)N1CCn2nc(-c3nc(-c4ccc5c(c4)CCNC5=O)c4ccsc4c3/C(C(=C)OCCO)=C(F)/C=C/F)cc2[C@H]1C. The molecule has 5 heterocycles. The molecule has 1 atom stereocenters. The third-order valence-corrected chi connectivity index (χ3v) is 9.15. The molecular formula is C34H31F2N5O4S. The topological polar surface area (TPSA) is 110 Å². The highest BCUT2D eigenvalue weighted by molar-refractivity contribution is 7.17. The van der Waals surface area contributed by atoms with Crippen LogP contribution in [0.25, 0.3) is 38.3 Å². The Morgan fingerprint density at radius 1 is 1.26 bits per heavy atom. The Balaban J connectivity index is 1.63. The lowest BCUT2D eigenvalue weighted by molar-refractivity contribution is -0.129. The highest BCUT2D eigenvalue weighted by atomic mass is 32.1. The number of fused-ring (bicyclic) bond motifs is 3. The first-order valence-corrected chi connectivity index (χ1v) is 15.6. The minimum Gasteiger partial charge on any atom is -0.491 e. The maximum atomic E-state index is 15.9. The van der Waals surface area contributed by atoms with Crippen LogP contribution in [0.4, 0.5) is 8.78 Å². The van der Waals surface area contributed by atoms with Crippen LogP contribution in [0, 0.1) is 0 Å². The number of allylic oxidation sites excluding steroid dienone is 3. The quantitative estimate of drug-likeness (QED) is 0.134. The van der Waals surface area contributed by atoms with Crippen molar-refractivity contribution in [3.8, 4) is 22.6 Å².